The molecule has 4 nitrogen and oxygen atoms in total. The second-order valence-corrected chi connectivity index (χ2v) is 4.61. The number of nitrogens with one attached hydrogen (secondary N) is 1. The highest BCUT2D eigenvalue weighted by Crippen LogP contribution is 2.19. The molecule has 1 aromatic heterocycles. The lowest BCUT2D eigenvalue weighted by Gasteiger charge is -2.34. The summed E-state index contributed by atoms with van der Waals surface area (Å²) in [6, 6.07) is 2.68. The lowest BCUT2D eigenvalue weighted by molar-refractivity contribution is 0.125. The quantitative estimate of drug-likeness (QED) is 0.841. The standard InChI is InChI=1S/C12H21N3O/c1-10-7-12(16-14-10)9-15-6-4-3-5-11(15)8-13-2/h7,11,13H,3-6,8-9H2,1-2H3. The van der Waals surface area contributed by atoms with Gasteiger partial charge in [0, 0.05) is 18.7 Å². The van der Waals surface area contributed by atoms with Gasteiger partial charge in [-0.05, 0) is 33.4 Å². The number of piperidine rings is 1. The Morgan fingerprint density at radius 1 is 1.56 bits per heavy atom. The molecule has 1 aliphatic rings. The van der Waals surface area contributed by atoms with Gasteiger partial charge in [-0.15, -0.1) is 0 Å². The Bertz CT molecular complexity index is 322. The smallest absolute Gasteiger partial charge is 0.150 e. The van der Waals surface area contributed by atoms with Crippen molar-refractivity contribution in [1.29, 1.82) is 0 Å². The highest BCUT2D eigenvalue weighted by atomic mass is 16.5. The topological polar surface area (TPSA) is 41.3 Å². The van der Waals surface area contributed by atoms with Crippen LogP contribution in [0.1, 0.15) is 30.7 Å². The lowest BCUT2D eigenvalue weighted by Crippen LogP contribution is -2.44. The molecule has 1 unspecified atom stereocenters. The SMILES string of the molecule is CNCC1CCCCN1Cc1cc(C)no1. The average Bonchev–Trinajstić information content (AvgIpc) is 2.67. The van der Waals surface area contributed by atoms with E-state index in [1.54, 1.807) is 0 Å². The Labute approximate surface area is 97.0 Å². The molecule has 4 heteroatoms. The molecule has 1 saturated heterocycles. The number of rotatable bonds is 4. The molecule has 0 aliphatic carbocycles. The van der Waals surface area contributed by atoms with Crippen LogP contribution in [0.2, 0.25) is 0 Å². The van der Waals surface area contributed by atoms with Crippen LogP contribution in [-0.4, -0.2) is 36.2 Å². The second-order valence-electron chi connectivity index (χ2n) is 4.61. The van der Waals surface area contributed by atoms with Crippen LogP contribution in [0.15, 0.2) is 10.6 Å². The minimum atomic E-state index is 0.643. The highest BCUT2D eigenvalue weighted by molar-refractivity contribution is 5.03. The molecule has 90 valence electrons. The molecular formula is C12H21N3O. The van der Waals surface area contributed by atoms with Gasteiger partial charge in [-0.1, -0.05) is 11.6 Å². The molecule has 2 heterocycles. The minimum absolute atomic E-state index is 0.643. The van der Waals surface area contributed by atoms with Crippen molar-refractivity contribution in [3.8, 4) is 0 Å². The Morgan fingerprint density at radius 2 is 2.44 bits per heavy atom. The molecule has 0 aromatic carbocycles. The van der Waals surface area contributed by atoms with Crippen molar-refractivity contribution in [3.63, 3.8) is 0 Å². The first-order chi connectivity index (χ1) is 7.79. The van der Waals surface area contributed by atoms with Crippen LogP contribution in [0.5, 0.6) is 0 Å². The van der Waals surface area contributed by atoms with E-state index in [1.165, 1.54) is 25.8 Å². The monoisotopic (exact) mass is 223 g/mol. The van der Waals surface area contributed by atoms with Crippen LogP contribution in [0.3, 0.4) is 0 Å². The van der Waals surface area contributed by atoms with Gasteiger partial charge in [-0.25, -0.2) is 0 Å². The summed E-state index contributed by atoms with van der Waals surface area (Å²) < 4.78 is 5.28. The molecule has 1 N–H and O–H groups in total. The minimum Gasteiger partial charge on any atom is -0.360 e. The highest BCUT2D eigenvalue weighted by Gasteiger charge is 2.22. The van der Waals surface area contributed by atoms with Crippen molar-refractivity contribution in [2.45, 2.75) is 38.8 Å². The zero-order valence-corrected chi connectivity index (χ0v) is 10.2. The van der Waals surface area contributed by atoms with E-state index in [0.29, 0.717) is 6.04 Å². The third-order valence-electron chi connectivity index (χ3n) is 3.22. The summed E-state index contributed by atoms with van der Waals surface area (Å²) in [6.45, 7) is 5.10. The van der Waals surface area contributed by atoms with E-state index in [9.17, 15) is 0 Å². The Balaban J connectivity index is 1.95. The third kappa shape index (κ3) is 2.83. The van der Waals surface area contributed by atoms with Gasteiger partial charge in [0.2, 0.25) is 0 Å². The number of hydrogen-bond acceptors (Lipinski definition) is 4. The fraction of sp³-hybridized carbons (Fsp3) is 0.750. The number of aryl methyl sites for hydroxylation is 1. The van der Waals surface area contributed by atoms with Crippen LogP contribution >= 0.6 is 0 Å². The van der Waals surface area contributed by atoms with Gasteiger partial charge in [0.05, 0.1) is 12.2 Å². The van der Waals surface area contributed by atoms with Crippen molar-refractivity contribution in [2.75, 3.05) is 20.1 Å². The van der Waals surface area contributed by atoms with Crippen molar-refractivity contribution >= 4 is 0 Å². The molecule has 1 aromatic rings. The summed E-state index contributed by atoms with van der Waals surface area (Å²) in [5.74, 6) is 0.987. The van der Waals surface area contributed by atoms with E-state index in [1.807, 2.05) is 20.0 Å². The molecule has 0 spiro atoms. The summed E-state index contributed by atoms with van der Waals surface area (Å²) in [5.41, 5.74) is 0.970. The summed E-state index contributed by atoms with van der Waals surface area (Å²) in [6.07, 6.45) is 3.93. The van der Waals surface area contributed by atoms with Crippen LogP contribution in [-0.2, 0) is 6.54 Å². The first-order valence-electron chi connectivity index (χ1n) is 6.10. The van der Waals surface area contributed by atoms with Gasteiger partial charge in [0.25, 0.3) is 0 Å². The maximum atomic E-state index is 5.28. The van der Waals surface area contributed by atoms with Gasteiger partial charge in [-0.2, -0.15) is 0 Å². The largest absolute Gasteiger partial charge is 0.360 e. The van der Waals surface area contributed by atoms with Gasteiger partial charge < -0.3 is 9.84 Å². The normalized spacial score (nSPS) is 22.5. The van der Waals surface area contributed by atoms with Gasteiger partial charge >= 0.3 is 0 Å². The summed E-state index contributed by atoms with van der Waals surface area (Å²) in [5, 5.41) is 7.21. The van der Waals surface area contributed by atoms with Crippen LogP contribution in [0.25, 0.3) is 0 Å². The van der Waals surface area contributed by atoms with Crippen LogP contribution in [0.4, 0.5) is 0 Å². The maximum Gasteiger partial charge on any atom is 0.150 e. The molecule has 0 bridgehead atoms. The first kappa shape index (κ1) is 11.6. The predicted molar refractivity (Wildman–Crippen MR) is 63.2 cm³/mol. The first-order valence-corrected chi connectivity index (χ1v) is 6.10. The van der Waals surface area contributed by atoms with E-state index in [0.717, 1.165) is 24.5 Å². The Hall–Kier alpha value is -0.870. The van der Waals surface area contributed by atoms with E-state index in [4.69, 9.17) is 4.52 Å². The third-order valence-corrected chi connectivity index (χ3v) is 3.22. The summed E-state index contributed by atoms with van der Waals surface area (Å²) in [4.78, 5) is 2.50. The van der Waals surface area contributed by atoms with Gasteiger partial charge in [0.15, 0.2) is 5.76 Å². The predicted octanol–water partition coefficient (Wildman–Crippen LogP) is 1.56. The van der Waals surface area contributed by atoms with Gasteiger partial charge in [0.1, 0.15) is 0 Å². The molecule has 1 atom stereocenters. The van der Waals surface area contributed by atoms with E-state index in [-0.39, 0.29) is 0 Å². The summed E-state index contributed by atoms with van der Waals surface area (Å²) >= 11 is 0. The molecule has 0 amide bonds. The fourth-order valence-corrected chi connectivity index (χ4v) is 2.43. The van der Waals surface area contributed by atoms with Crippen molar-refractivity contribution in [3.05, 3.63) is 17.5 Å². The Morgan fingerprint density at radius 3 is 3.12 bits per heavy atom. The lowest BCUT2D eigenvalue weighted by atomic mass is 10.0. The zero-order chi connectivity index (χ0) is 11.4. The second kappa shape index (κ2) is 5.46. The summed E-state index contributed by atoms with van der Waals surface area (Å²) in [7, 11) is 2.02. The molecule has 2 rings (SSSR count). The van der Waals surface area contributed by atoms with Crippen molar-refractivity contribution < 1.29 is 4.52 Å². The molecule has 0 radical (unpaired) electrons. The van der Waals surface area contributed by atoms with E-state index < -0.39 is 0 Å². The molecule has 16 heavy (non-hydrogen) atoms. The molecule has 1 aliphatic heterocycles. The van der Waals surface area contributed by atoms with Crippen LogP contribution in [0, 0.1) is 6.92 Å². The number of likely N-dealkylation sites (tertiary alicyclic amines) is 1. The molecular weight excluding hydrogens is 202 g/mol. The fourth-order valence-electron chi connectivity index (χ4n) is 2.43. The zero-order valence-electron chi connectivity index (χ0n) is 10.2. The number of hydrogen-bond donors (Lipinski definition) is 1. The van der Waals surface area contributed by atoms with E-state index >= 15 is 0 Å². The number of likely N-dealkylation sites (N-methyl/N-ethyl adjacent to an activating group) is 1. The molecule has 0 saturated carbocycles. The number of nitrogens with zero attached hydrogens (tertiary/aromatic N) is 2. The van der Waals surface area contributed by atoms with Gasteiger partial charge in [-0.3, -0.25) is 4.90 Å². The number of aromatic nitrogens is 1. The molecule has 1 fully saturated rings. The van der Waals surface area contributed by atoms with Crippen LogP contribution < -0.4 is 5.32 Å². The van der Waals surface area contributed by atoms with Crippen molar-refractivity contribution in [1.82, 2.24) is 15.4 Å². The van der Waals surface area contributed by atoms with E-state index in [2.05, 4.69) is 15.4 Å². The van der Waals surface area contributed by atoms with Crippen molar-refractivity contribution in [2.24, 2.45) is 0 Å². The Kier molecular flexibility index (Phi) is 3.96. The maximum absolute atomic E-state index is 5.28. The average molecular weight is 223 g/mol.